The van der Waals surface area contributed by atoms with Crippen molar-refractivity contribution in [1.29, 1.82) is 0 Å². The first-order valence-electron chi connectivity index (χ1n) is 10.2. The third kappa shape index (κ3) is 4.45. The van der Waals surface area contributed by atoms with Crippen molar-refractivity contribution in [3.63, 3.8) is 0 Å². The molecular formula is C22H25N7O3. The second kappa shape index (κ2) is 8.39. The number of rotatable bonds is 6. The van der Waals surface area contributed by atoms with Crippen molar-refractivity contribution >= 4 is 0 Å². The van der Waals surface area contributed by atoms with Gasteiger partial charge in [-0.2, -0.15) is 9.78 Å². The topological polar surface area (TPSA) is 124 Å². The number of H-pyrrole nitrogens is 1. The highest BCUT2D eigenvalue weighted by atomic mass is 16.5. The molecule has 0 aliphatic heterocycles. The summed E-state index contributed by atoms with van der Waals surface area (Å²) in [6.45, 7) is 8.18. The first kappa shape index (κ1) is 21.4. The molecule has 4 aromatic heterocycles. The summed E-state index contributed by atoms with van der Waals surface area (Å²) >= 11 is 0. The number of hydrogen-bond donors (Lipinski definition) is 2. The molecule has 0 atom stereocenters. The number of aliphatic hydroxyl groups excluding tert-OH is 1. The molecule has 0 fully saturated rings. The van der Waals surface area contributed by atoms with Gasteiger partial charge in [-0.15, -0.1) is 5.10 Å². The van der Waals surface area contributed by atoms with E-state index >= 15 is 0 Å². The Labute approximate surface area is 184 Å². The lowest BCUT2D eigenvalue weighted by Crippen LogP contribution is -2.17. The maximum Gasteiger partial charge on any atom is 0.349 e. The number of aromatic amines is 1. The Morgan fingerprint density at radius 3 is 2.72 bits per heavy atom. The second-order valence-corrected chi connectivity index (χ2v) is 8.39. The quantitative estimate of drug-likeness (QED) is 0.477. The maximum absolute atomic E-state index is 12.3. The van der Waals surface area contributed by atoms with Crippen molar-refractivity contribution in [2.24, 2.45) is 0 Å². The zero-order valence-corrected chi connectivity index (χ0v) is 18.4. The van der Waals surface area contributed by atoms with Gasteiger partial charge in [0.25, 0.3) is 0 Å². The first-order valence-corrected chi connectivity index (χ1v) is 10.2. The zero-order valence-electron chi connectivity index (χ0n) is 18.4. The van der Waals surface area contributed by atoms with Gasteiger partial charge in [0.1, 0.15) is 17.3 Å². The van der Waals surface area contributed by atoms with Gasteiger partial charge in [0.2, 0.25) is 0 Å². The molecule has 166 valence electrons. The molecule has 32 heavy (non-hydrogen) atoms. The van der Waals surface area contributed by atoms with Crippen LogP contribution in [0.1, 0.15) is 32.3 Å². The fraction of sp³-hybridized carbons (Fsp3) is 0.318. The fourth-order valence-corrected chi connectivity index (χ4v) is 3.06. The molecule has 0 radical (unpaired) electrons. The molecule has 0 aliphatic rings. The minimum Gasteiger partial charge on any atom is -0.455 e. The molecule has 0 aliphatic carbocycles. The van der Waals surface area contributed by atoms with Gasteiger partial charge in [0, 0.05) is 29.4 Å². The fourth-order valence-electron chi connectivity index (χ4n) is 3.06. The van der Waals surface area contributed by atoms with E-state index in [4.69, 9.17) is 9.84 Å². The van der Waals surface area contributed by atoms with E-state index in [0.29, 0.717) is 41.1 Å². The number of hydrogen-bond acceptors (Lipinski definition) is 7. The Kier molecular flexibility index (Phi) is 5.62. The predicted octanol–water partition coefficient (Wildman–Crippen LogP) is 2.60. The summed E-state index contributed by atoms with van der Waals surface area (Å²) in [7, 11) is 0. The van der Waals surface area contributed by atoms with Crippen molar-refractivity contribution < 1.29 is 9.84 Å². The summed E-state index contributed by atoms with van der Waals surface area (Å²) in [5.41, 5.74) is 1.52. The van der Waals surface area contributed by atoms with Crippen LogP contribution in [-0.2, 0) is 12.0 Å². The summed E-state index contributed by atoms with van der Waals surface area (Å²) in [5, 5.41) is 17.6. The molecule has 4 heterocycles. The van der Waals surface area contributed by atoms with E-state index < -0.39 is 0 Å². The van der Waals surface area contributed by atoms with E-state index in [0.717, 1.165) is 5.56 Å². The van der Waals surface area contributed by atoms with Crippen LogP contribution < -0.4 is 10.4 Å². The van der Waals surface area contributed by atoms with Crippen LogP contribution in [-0.4, -0.2) is 46.2 Å². The summed E-state index contributed by atoms with van der Waals surface area (Å²) in [6, 6.07) is 7.01. The van der Waals surface area contributed by atoms with E-state index in [1.165, 1.54) is 4.68 Å². The molecule has 0 bridgehead atoms. The normalized spacial score (nSPS) is 11.7. The van der Waals surface area contributed by atoms with Gasteiger partial charge >= 0.3 is 5.69 Å². The van der Waals surface area contributed by atoms with Crippen LogP contribution in [0, 0.1) is 6.92 Å². The molecule has 0 aromatic carbocycles. The van der Waals surface area contributed by atoms with E-state index in [-0.39, 0.29) is 17.7 Å². The molecule has 0 saturated carbocycles. The molecule has 4 rings (SSSR count). The van der Waals surface area contributed by atoms with Crippen LogP contribution in [0.3, 0.4) is 0 Å². The minimum absolute atomic E-state index is 0.0158. The van der Waals surface area contributed by atoms with Gasteiger partial charge in [-0.25, -0.2) is 9.78 Å². The standard InChI is InChI=1S/C22H25N7O3/c1-14-18(5-6-19(25-14)29-21(31)26-20(27-29)22(2,3)4)32-16-7-8-23-17(11-16)15-12-24-28(13-15)9-10-30/h5-8,11-13,30H,9-10H2,1-4H3,(H,26,27,31). The highest BCUT2D eigenvalue weighted by Gasteiger charge is 2.21. The Morgan fingerprint density at radius 2 is 2.03 bits per heavy atom. The Balaban J connectivity index is 1.57. The predicted molar refractivity (Wildman–Crippen MR) is 118 cm³/mol. The molecule has 0 unspecified atom stereocenters. The van der Waals surface area contributed by atoms with Gasteiger partial charge in [-0.3, -0.25) is 14.6 Å². The van der Waals surface area contributed by atoms with Crippen LogP contribution in [0.5, 0.6) is 11.5 Å². The molecule has 0 amide bonds. The third-order valence-corrected chi connectivity index (χ3v) is 4.79. The summed E-state index contributed by atoms with van der Waals surface area (Å²) in [5.74, 6) is 2.16. The Hall–Kier alpha value is -3.79. The largest absolute Gasteiger partial charge is 0.455 e. The SMILES string of the molecule is Cc1nc(-n2nc(C(C)(C)C)[nH]c2=O)ccc1Oc1ccnc(-c2cnn(CCO)c2)c1. The van der Waals surface area contributed by atoms with Crippen LogP contribution in [0.4, 0.5) is 0 Å². The number of nitrogens with one attached hydrogen (secondary N) is 1. The summed E-state index contributed by atoms with van der Waals surface area (Å²) < 4.78 is 8.93. The number of pyridine rings is 2. The molecule has 10 heteroatoms. The van der Waals surface area contributed by atoms with Crippen LogP contribution >= 0.6 is 0 Å². The zero-order chi connectivity index (χ0) is 22.9. The van der Waals surface area contributed by atoms with E-state index in [2.05, 4.69) is 25.1 Å². The van der Waals surface area contributed by atoms with Crippen molar-refractivity contribution in [3.8, 4) is 28.6 Å². The smallest absolute Gasteiger partial charge is 0.349 e. The third-order valence-electron chi connectivity index (χ3n) is 4.79. The molecule has 0 saturated heterocycles. The Bertz CT molecular complexity index is 1300. The number of aliphatic hydroxyl groups is 1. The average molecular weight is 435 g/mol. The van der Waals surface area contributed by atoms with Gasteiger partial charge in [0.15, 0.2) is 5.82 Å². The monoisotopic (exact) mass is 435 g/mol. The lowest BCUT2D eigenvalue weighted by Gasteiger charge is -2.13. The first-order chi connectivity index (χ1) is 15.2. The number of ether oxygens (including phenoxy) is 1. The summed E-state index contributed by atoms with van der Waals surface area (Å²) in [6.07, 6.45) is 5.16. The van der Waals surface area contributed by atoms with Crippen molar-refractivity contribution in [2.75, 3.05) is 6.61 Å². The molecule has 2 N–H and O–H groups in total. The van der Waals surface area contributed by atoms with Gasteiger partial charge in [0.05, 0.1) is 30.7 Å². The van der Waals surface area contributed by atoms with E-state index in [1.807, 2.05) is 40.0 Å². The van der Waals surface area contributed by atoms with Crippen molar-refractivity contribution in [1.82, 2.24) is 34.5 Å². The second-order valence-electron chi connectivity index (χ2n) is 8.39. The lowest BCUT2D eigenvalue weighted by atomic mass is 9.96. The van der Waals surface area contributed by atoms with Gasteiger partial charge in [-0.05, 0) is 25.1 Å². The van der Waals surface area contributed by atoms with Crippen LogP contribution in [0.25, 0.3) is 17.1 Å². The molecule has 0 spiro atoms. The highest BCUT2D eigenvalue weighted by molar-refractivity contribution is 5.59. The lowest BCUT2D eigenvalue weighted by molar-refractivity contribution is 0.269. The molecule has 4 aromatic rings. The molecule has 10 nitrogen and oxygen atoms in total. The molecular weight excluding hydrogens is 410 g/mol. The van der Waals surface area contributed by atoms with E-state index in [1.54, 1.807) is 35.3 Å². The van der Waals surface area contributed by atoms with E-state index in [9.17, 15) is 4.79 Å². The van der Waals surface area contributed by atoms with Crippen LogP contribution in [0.2, 0.25) is 0 Å². The Morgan fingerprint density at radius 1 is 1.22 bits per heavy atom. The number of aromatic nitrogens is 7. The number of nitrogens with zero attached hydrogens (tertiary/aromatic N) is 6. The highest BCUT2D eigenvalue weighted by Crippen LogP contribution is 2.27. The maximum atomic E-state index is 12.3. The van der Waals surface area contributed by atoms with Gasteiger partial charge < -0.3 is 9.84 Å². The van der Waals surface area contributed by atoms with Crippen molar-refractivity contribution in [2.45, 2.75) is 39.7 Å². The van der Waals surface area contributed by atoms with Crippen molar-refractivity contribution in [3.05, 3.63) is 64.9 Å². The number of aryl methyl sites for hydroxylation is 1. The van der Waals surface area contributed by atoms with Crippen LogP contribution in [0.15, 0.2) is 47.7 Å². The van der Waals surface area contributed by atoms with Gasteiger partial charge in [-0.1, -0.05) is 20.8 Å². The summed E-state index contributed by atoms with van der Waals surface area (Å²) in [4.78, 5) is 24.0. The minimum atomic E-state index is -0.337. The average Bonchev–Trinajstić information content (AvgIpc) is 3.37.